The number of para-hydroxylation sites is 1. The van der Waals surface area contributed by atoms with E-state index >= 15 is 0 Å². The standard InChI is InChI=1S/C18H22N4O3/c1-25-15-4-2-3-11-12(7-8-20-16(11)15)18(24)22-17(19)13-9-10(23)5-6-14(13)21-22/h2-4,10,12,20,23H,5-9,19H2,1H3/t10?,12-/m0/s1. The van der Waals surface area contributed by atoms with Crippen molar-refractivity contribution < 1.29 is 14.6 Å². The number of hydrogen-bond donors (Lipinski definition) is 3. The molecule has 1 aromatic carbocycles. The van der Waals surface area contributed by atoms with E-state index in [0.29, 0.717) is 38.0 Å². The molecule has 0 saturated heterocycles. The van der Waals surface area contributed by atoms with Crippen molar-refractivity contribution in [2.24, 2.45) is 0 Å². The van der Waals surface area contributed by atoms with E-state index in [0.717, 1.165) is 28.3 Å². The maximum Gasteiger partial charge on any atom is 0.256 e. The molecule has 7 nitrogen and oxygen atoms in total. The number of fused-ring (bicyclic) bond motifs is 2. The van der Waals surface area contributed by atoms with Gasteiger partial charge in [0.05, 0.1) is 30.5 Å². The molecule has 2 atom stereocenters. The number of nitrogens with one attached hydrogen (secondary N) is 1. The third kappa shape index (κ3) is 2.55. The molecule has 0 spiro atoms. The lowest BCUT2D eigenvalue weighted by atomic mass is 9.90. The Labute approximate surface area is 145 Å². The van der Waals surface area contributed by atoms with Crippen LogP contribution < -0.4 is 15.8 Å². The number of nitrogens with zero attached hydrogens (tertiary/aromatic N) is 2. The fourth-order valence-electron chi connectivity index (χ4n) is 3.84. The molecule has 1 aliphatic heterocycles. The zero-order valence-electron chi connectivity index (χ0n) is 14.2. The summed E-state index contributed by atoms with van der Waals surface area (Å²) < 4.78 is 6.73. The van der Waals surface area contributed by atoms with Crippen molar-refractivity contribution in [3.63, 3.8) is 0 Å². The van der Waals surface area contributed by atoms with Crippen LogP contribution in [0.15, 0.2) is 18.2 Å². The number of methoxy groups -OCH3 is 1. The lowest BCUT2D eigenvalue weighted by Crippen LogP contribution is -2.28. The van der Waals surface area contributed by atoms with Gasteiger partial charge in [0.15, 0.2) is 0 Å². The van der Waals surface area contributed by atoms with Crippen molar-refractivity contribution in [2.45, 2.75) is 37.7 Å². The molecule has 7 heteroatoms. The van der Waals surface area contributed by atoms with Crippen LogP contribution in [0.25, 0.3) is 0 Å². The highest BCUT2D eigenvalue weighted by Gasteiger charge is 2.33. The molecule has 25 heavy (non-hydrogen) atoms. The number of hydrogen-bond acceptors (Lipinski definition) is 6. The van der Waals surface area contributed by atoms with Crippen molar-refractivity contribution in [3.8, 4) is 5.75 Å². The molecule has 0 saturated carbocycles. The third-order valence-electron chi connectivity index (χ3n) is 5.16. The highest BCUT2D eigenvalue weighted by Crippen LogP contribution is 2.39. The minimum Gasteiger partial charge on any atom is -0.495 e. The first-order valence-electron chi connectivity index (χ1n) is 8.59. The fourth-order valence-corrected chi connectivity index (χ4v) is 3.84. The Balaban J connectivity index is 1.72. The first-order chi connectivity index (χ1) is 12.1. The van der Waals surface area contributed by atoms with Gasteiger partial charge in [-0.3, -0.25) is 4.79 Å². The molecule has 4 rings (SSSR count). The minimum absolute atomic E-state index is 0.127. The average molecular weight is 342 g/mol. The Morgan fingerprint density at radius 2 is 2.28 bits per heavy atom. The van der Waals surface area contributed by atoms with Crippen LogP contribution in [0.4, 0.5) is 11.5 Å². The third-order valence-corrected chi connectivity index (χ3v) is 5.16. The van der Waals surface area contributed by atoms with Crippen LogP contribution in [0.3, 0.4) is 0 Å². The van der Waals surface area contributed by atoms with Crippen LogP contribution >= 0.6 is 0 Å². The Morgan fingerprint density at radius 3 is 3.08 bits per heavy atom. The van der Waals surface area contributed by atoms with Gasteiger partial charge in [0.2, 0.25) is 0 Å². The van der Waals surface area contributed by atoms with E-state index in [-0.39, 0.29) is 11.8 Å². The predicted octanol–water partition coefficient (Wildman–Crippen LogP) is 1.56. The van der Waals surface area contributed by atoms with Crippen molar-refractivity contribution in [2.75, 3.05) is 24.7 Å². The number of rotatable bonds is 2. The van der Waals surface area contributed by atoms with Crippen LogP contribution in [0.5, 0.6) is 5.75 Å². The van der Waals surface area contributed by atoms with Gasteiger partial charge in [0.25, 0.3) is 5.91 Å². The van der Waals surface area contributed by atoms with Crippen LogP contribution in [0, 0.1) is 0 Å². The molecule has 0 amide bonds. The second-order valence-electron chi connectivity index (χ2n) is 6.65. The second-order valence-corrected chi connectivity index (χ2v) is 6.65. The number of aryl methyl sites for hydroxylation is 1. The van der Waals surface area contributed by atoms with E-state index < -0.39 is 6.10 Å². The topological polar surface area (TPSA) is 102 Å². The number of nitrogens with two attached hydrogens (primary N) is 1. The highest BCUT2D eigenvalue weighted by atomic mass is 16.5. The van der Waals surface area contributed by atoms with Crippen LogP contribution in [0.1, 0.15) is 40.4 Å². The summed E-state index contributed by atoms with van der Waals surface area (Å²) in [6.07, 6.45) is 2.03. The van der Waals surface area contributed by atoms with Gasteiger partial charge >= 0.3 is 0 Å². The summed E-state index contributed by atoms with van der Waals surface area (Å²) >= 11 is 0. The van der Waals surface area contributed by atoms with Crippen LogP contribution in [-0.2, 0) is 12.8 Å². The van der Waals surface area contributed by atoms with Crippen LogP contribution in [-0.4, -0.2) is 40.6 Å². The normalized spacial score (nSPS) is 21.8. The summed E-state index contributed by atoms with van der Waals surface area (Å²) in [5.41, 5.74) is 9.61. The number of nitrogen functional groups attached to an aromatic ring is 1. The number of aromatic nitrogens is 2. The van der Waals surface area contributed by atoms with Crippen molar-refractivity contribution >= 4 is 17.4 Å². The lowest BCUT2D eigenvalue weighted by molar-refractivity contribution is 0.0859. The predicted molar refractivity (Wildman–Crippen MR) is 94.1 cm³/mol. The Bertz CT molecular complexity index is 830. The molecule has 132 valence electrons. The van der Waals surface area contributed by atoms with Crippen molar-refractivity contribution in [3.05, 3.63) is 35.0 Å². The van der Waals surface area contributed by atoms with E-state index in [1.165, 1.54) is 4.68 Å². The van der Waals surface area contributed by atoms with Gasteiger partial charge < -0.3 is 20.9 Å². The molecule has 1 aliphatic carbocycles. The Kier molecular flexibility index (Phi) is 3.88. The second kappa shape index (κ2) is 6.07. The zero-order valence-corrected chi connectivity index (χ0v) is 14.2. The zero-order chi connectivity index (χ0) is 17.6. The van der Waals surface area contributed by atoms with E-state index in [1.54, 1.807) is 7.11 Å². The van der Waals surface area contributed by atoms with Crippen LogP contribution in [0.2, 0.25) is 0 Å². The number of anilines is 2. The maximum atomic E-state index is 13.2. The lowest BCUT2D eigenvalue weighted by Gasteiger charge is -2.27. The average Bonchev–Trinajstić information content (AvgIpc) is 2.96. The molecular weight excluding hydrogens is 320 g/mol. The van der Waals surface area contributed by atoms with Gasteiger partial charge in [-0.15, -0.1) is 0 Å². The maximum absolute atomic E-state index is 13.2. The molecular formula is C18H22N4O3. The smallest absolute Gasteiger partial charge is 0.256 e. The molecule has 4 N–H and O–H groups in total. The monoisotopic (exact) mass is 342 g/mol. The van der Waals surface area contributed by atoms with E-state index in [2.05, 4.69) is 10.4 Å². The molecule has 0 fully saturated rings. The summed E-state index contributed by atoms with van der Waals surface area (Å²) in [7, 11) is 1.62. The number of aliphatic hydroxyl groups is 1. The van der Waals surface area contributed by atoms with Gasteiger partial charge in [-0.05, 0) is 30.9 Å². The Morgan fingerprint density at radius 1 is 1.44 bits per heavy atom. The van der Waals surface area contributed by atoms with E-state index in [9.17, 15) is 9.90 Å². The molecule has 2 aliphatic rings. The first-order valence-corrected chi connectivity index (χ1v) is 8.59. The number of carbonyl (C=O) groups is 1. The quantitative estimate of drug-likeness (QED) is 0.765. The minimum atomic E-state index is -0.411. The molecule has 2 heterocycles. The number of benzene rings is 1. The van der Waals surface area contributed by atoms with Gasteiger partial charge in [-0.1, -0.05) is 12.1 Å². The van der Waals surface area contributed by atoms with Gasteiger partial charge in [-0.2, -0.15) is 9.78 Å². The summed E-state index contributed by atoms with van der Waals surface area (Å²) in [5, 5.41) is 17.6. The number of aliphatic hydroxyl groups excluding tert-OH is 1. The van der Waals surface area contributed by atoms with Gasteiger partial charge in [0, 0.05) is 18.5 Å². The molecule has 1 aromatic heterocycles. The SMILES string of the molecule is COc1cccc2c1NCC[C@@H]2C(=O)n1nc2c(c1N)CC(O)CC2. The summed E-state index contributed by atoms with van der Waals surface area (Å²) in [6, 6.07) is 5.70. The Hall–Kier alpha value is -2.54. The van der Waals surface area contributed by atoms with Crippen molar-refractivity contribution in [1.82, 2.24) is 9.78 Å². The summed E-state index contributed by atoms with van der Waals surface area (Å²) in [6.45, 7) is 0.684. The van der Waals surface area contributed by atoms with Gasteiger partial charge in [0.1, 0.15) is 11.6 Å². The molecule has 0 radical (unpaired) electrons. The fraction of sp³-hybridized carbons (Fsp3) is 0.444. The van der Waals surface area contributed by atoms with Gasteiger partial charge in [-0.25, -0.2) is 0 Å². The first kappa shape index (κ1) is 16.0. The highest BCUT2D eigenvalue weighted by molar-refractivity contribution is 5.91. The van der Waals surface area contributed by atoms with E-state index in [4.69, 9.17) is 10.5 Å². The number of ether oxygens (including phenoxy) is 1. The summed E-state index contributed by atoms with van der Waals surface area (Å²) in [4.78, 5) is 13.2. The number of carbonyl (C=O) groups excluding carboxylic acids is 1. The largest absolute Gasteiger partial charge is 0.495 e. The molecule has 1 unspecified atom stereocenters. The summed E-state index contributed by atoms with van der Waals surface area (Å²) in [5.74, 6) is 0.643. The molecule has 0 bridgehead atoms. The van der Waals surface area contributed by atoms with Crippen molar-refractivity contribution in [1.29, 1.82) is 0 Å². The molecule has 2 aromatic rings. The van der Waals surface area contributed by atoms with E-state index in [1.807, 2.05) is 18.2 Å².